The highest BCUT2D eigenvalue weighted by atomic mass is 35.5. The lowest BCUT2D eigenvalue weighted by atomic mass is 10.3. The fraction of sp³-hybridized carbons (Fsp3) is 0.333. The van der Waals surface area contributed by atoms with Gasteiger partial charge in [0.1, 0.15) is 5.75 Å². The molecule has 3 nitrogen and oxygen atoms in total. The SMILES string of the molecule is CCCP(=O)(O)Oc1ccccc1Cl. The van der Waals surface area contributed by atoms with E-state index in [-0.39, 0.29) is 11.9 Å². The quantitative estimate of drug-likeness (QED) is 0.813. The van der Waals surface area contributed by atoms with Gasteiger partial charge in [-0.3, -0.25) is 0 Å². The summed E-state index contributed by atoms with van der Waals surface area (Å²) in [5.74, 6) is 0.258. The second-order valence-corrected chi connectivity index (χ2v) is 5.19. The molecule has 0 saturated carbocycles. The Morgan fingerprint density at radius 1 is 1.50 bits per heavy atom. The number of benzene rings is 1. The second kappa shape index (κ2) is 4.83. The van der Waals surface area contributed by atoms with Gasteiger partial charge in [0.15, 0.2) is 0 Å². The van der Waals surface area contributed by atoms with Gasteiger partial charge in [0.2, 0.25) is 0 Å². The van der Waals surface area contributed by atoms with Crippen molar-refractivity contribution < 1.29 is 14.0 Å². The maximum atomic E-state index is 11.4. The summed E-state index contributed by atoms with van der Waals surface area (Å²) in [4.78, 5) is 9.37. The van der Waals surface area contributed by atoms with Crippen LogP contribution in [-0.4, -0.2) is 11.1 Å². The number of halogens is 1. The fourth-order valence-electron chi connectivity index (χ4n) is 1.00. The van der Waals surface area contributed by atoms with Gasteiger partial charge in [-0.25, -0.2) is 4.57 Å². The first-order valence-electron chi connectivity index (χ1n) is 4.31. The predicted octanol–water partition coefficient (Wildman–Crippen LogP) is 3.31. The van der Waals surface area contributed by atoms with Gasteiger partial charge in [0, 0.05) is 0 Å². The molecular weight excluding hydrogens is 223 g/mol. The van der Waals surface area contributed by atoms with Gasteiger partial charge >= 0.3 is 7.60 Å². The lowest BCUT2D eigenvalue weighted by molar-refractivity contribution is 0.379. The first kappa shape index (κ1) is 11.6. The van der Waals surface area contributed by atoms with Gasteiger partial charge in [-0.2, -0.15) is 0 Å². The van der Waals surface area contributed by atoms with Gasteiger partial charge in [-0.15, -0.1) is 0 Å². The molecule has 1 aromatic rings. The van der Waals surface area contributed by atoms with E-state index in [2.05, 4.69) is 0 Å². The molecule has 0 bridgehead atoms. The molecule has 0 heterocycles. The summed E-state index contributed by atoms with van der Waals surface area (Å²) >= 11 is 5.77. The molecule has 0 saturated heterocycles. The lowest BCUT2D eigenvalue weighted by Gasteiger charge is -2.13. The summed E-state index contributed by atoms with van der Waals surface area (Å²) in [6, 6.07) is 6.62. The van der Waals surface area contributed by atoms with Crippen LogP contribution in [0.15, 0.2) is 24.3 Å². The third kappa shape index (κ3) is 3.33. The first-order valence-corrected chi connectivity index (χ1v) is 6.45. The highest BCUT2D eigenvalue weighted by molar-refractivity contribution is 7.53. The Morgan fingerprint density at radius 2 is 2.14 bits per heavy atom. The van der Waals surface area contributed by atoms with Crippen LogP contribution in [0.4, 0.5) is 0 Å². The van der Waals surface area contributed by atoms with Crippen LogP contribution >= 0.6 is 19.2 Å². The number of hydrogen-bond acceptors (Lipinski definition) is 2. The molecule has 1 unspecified atom stereocenters. The Balaban J connectivity index is 2.78. The molecule has 0 amide bonds. The average molecular weight is 235 g/mol. The number of hydrogen-bond donors (Lipinski definition) is 1. The van der Waals surface area contributed by atoms with Gasteiger partial charge in [-0.1, -0.05) is 30.7 Å². The van der Waals surface area contributed by atoms with Crippen LogP contribution in [0, 0.1) is 0 Å². The standard InChI is InChI=1S/C9H12ClO3P/c1-2-7-14(11,12)13-9-6-4-3-5-8(9)10/h3-6H,2,7H2,1H3,(H,11,12). The van der Waals surface area contributed by atoms with E-state index in [1.165, 1.54) is 0 Å². The van der Waals surface area contributed by atoms with Crippen molar-refractivity contribution in [1.82, 2.24) is 0 Å². The van der Waals surface area contributed by atoms with Crippen molar-refractivity contribution in [3.63, 3.8) is 0 Å². The van der Waals surface area contributed by atoms with E-state index in [1.54, 1.807) is 24.3 Å². The van der Waals surface area contributed by atoms with Crippen LogP contribution in [0.3, 0.4) is 0 Å². The molecule has 1 N–H and O–H groups in total. The first-order chi connectivity index (χ1) is 6.55. The topological polar surface area (TPSA) is 46.5 Å². The Morgan fingerprint density at radius 3 is 2.71 bits per heavy atom. The van der Waals surface area contributed by atoms with Gasteiger partial charge < -0.3 is 9.42 Å². The van der Waals surface area contributed by atoms with Gasteiger partial charge in [0.25, 0.3) is 0 Å². The zero-order valence-corrected chi connectivity index (χ0v) is 9.46. The summed E-state index contributed by atoms with van der Waals surface area (Å²) in [6.45, 7) is 1.82. The minimum Gasteiger partial charge on any atom is -0.423 e. The van der Waals surface area contributed by atoms with E-state index in [9.17, 15) is 9.46 Å². The summed E-state index contributed by atoms with van der Waals surface area (Å²) in [5, 5.41) is 0.345. The second-order valence-electron chi connectivity index (χ2n) is 2.88. The Bertz CT molecular complexity index is 354. The molecule has 0 radical (unpaired) electrons. The highest BCUT2D eigenvalue weighted by Gasteiger charge is 2.20. The lowest BCUT2D eigenvalue weighted by Crippen LogP contribution is -1.96. The van der Waals surface area contributed by atoms with Crippen LogP contribution in [0.5, 0.6) is 5.75 Å². The van der Waals surface area contributed by atoms with E-state index in [4.69, 9.17) is 16.1 Å². The molecule has 5 heteroatoms. The number of rotatable bonds is 4. The van der Waals surface area contributed by atoms with E-state index < -0.39 is 7.60 Å². The highest BCUT2D eigenvalue weighted by Crippen LogP contribution is 2.44. The van der Waals surface area contributed by atoms with Crippen molar-refractivity contribution in [3.05, 3.63) is 29.3 Å². The molecule has 1 rings (SSSR count). The molecule has 0 fully saturated rings. The predicted molar refractivity (Wildman–Crippen MR) is 57.1 cm³/mol. The van der Waals surface area contributed by atoms with Crippen LogP contribution in [0.2, 0.25) is 5.02 Å². The summed E-state index contributed by atoms with van der Waals surface area (Å²) in [5.41, 5.74) is 0. The van der Waals surface area contributed by atoms with Gasteiger partial charge in [-0.05, 0) is 18.6 Å². The largest absolute Gasteiger partial charge is 0.423 e. The van der Waals surface area contributed by atoms with E-state index in [1.807, 2.05) is 6.92 Å². The van der Waals surface area contributed by atoms with Crippen molar-refractivity contribution in [2.45, 2.75) is 13.3 Å². The summed E-state index contributed by atoms with van der Waals surface area (Å²) in [6.07, 6.45) is 0.733. The van der Waals surface area contributed by atoms with Crippen LogP contribution in [0.25, 0.3) is 0 Å². The van der Waals surface area contributed by atoms with Crippen molar-refractivity contribution in [2.24, 2.45) is 0 Å². The van der Waals surface area contributed by atoms with Crippen LogP contribution < -0.4 is 4.52 Å². The third-order valence-corrected chi connectivity index (χ3v) is 3.39. The molecule has 78 valence electrons. The minimum absolute atomic E-state index is 0.137. The summed E-state index contributed by atoms with van der Waals surface area (Å²) in [7, 11) is -3.53. The molecular formula is C9H12ClO3P. The van der Waals surface area contributed by atoms with Gasteiger partial charge in [0.05, 0.1) is 11.2 Å². The third-order valence-electron chi connectivity index (χ3n) is 1.58. The van der Waals surface area contributed by atoms with Crippen molar-refractivity contribution >= 4 is 19.2 Å². The smallest absolute Gasteiger partial charge is 0.376 e. The molecule has 1 aromatic carbocycles. The average Bonchev–Trinajstić information content (AvgIpc) is 2.08. The maximum absolute atomic E-state index is 11.4. The molecule has 0 aromatic heterocycles. The Labute approximate surface area is 88.2 Å². The van der Waals surface area contributed by atoms with E-state index in [0.717, 1.165) is 0 Å². The zero-order chi connectivity index (χ0) is 10.6. The molecule has 1 atom stereocenters. The number of para-hydroxylation sites is 1. The van der Waals surface area contributed by atoms with Crippen molar-refractivity contribution in [1.29, 1.82) is 0 Å². The Kier molecular flexibility index (Phi) is 3.99. The minimum atomic E-state index is -3.53. The summed E-state index contributed by atoms with van der Waals surface area (Å²) < 4.78 is 16.4. The molecule has 0 aliphatic heterocycles. The maximum Gasteiger partial charge on any atom is 0.376 e. The fourth-order valence-corrected chi connectivity index (χ4v) is 2.35. The van der Waals surface area contributed by atoms with Crippen molar-refractivity contribution in [3.8, 4) is 5.75 Å². The van der Waals surface area contributed by atoms with E-state index in [0.29, 0.717) is 11.4 Å². The van der Waals surface area contributed by atoms with Crippen LogP contribution in [-0.2, 0) is 4.57 Å². The van der Waals surface area contributed by atoms with Crippen molar-refractivity contribution in [2.75, 3.05) is 6.16 Å². The molecule has 0 aliphatic rings. The molecule has 14 heavy (non-hydrogen) atoms. The zero-order valence-electron chi connectivity index (χ0n) is 7.81. The van der Waals surface area contributed by atoms with E-state index >= 15 is 0 Å². The Hall–Kier alpha value is -0.500. The monoisotopic (exact) mass is 234 g/mol. The molecule has 0 aliphatic carbocycles. The molecule has 0 spiro atoms. The van der Waals surface area contributed by atoms with Crippen LogP contribution in [0.1, 0.15) is 13.3 Å². The normalized spacial score (nSPS) is 14.8.